The maximum Gasteiger partial charge on any atom is 0.257 e. The van der Waals surface area contributed by atoms with Gasteiger partial charge < -0.3 is 24.0 Å². The molecule has 5 nitrogen and oxygen atoms in total. The van der Waals surface area contributed by atoms with Crippen molar-refractivity contribution in [1.29, 1.82) is 0 Å². The van der Waals surface area contributed by atoms with Crippen LogP contribution in [-0.4, -0.2) is 11.3 Å². The summed E-state index contributed by atoms with van der Waals surface area (Å²) < 4.78 is 19.0. The zero-order chi connectivity index (χ0) is 45.7. The maximum atomic E-state index is 9.38. The quantitative estimate of drug-likeness (QED) is 0.149. The molecule has 0 unspecified atom stereocenters. The molecule has 0 saturated heterocycles. The molecule has 66 heavy (non-hydrogen) atoms. The molecule has 6 heteroatoms. The summed E-state index contributed by atoms with van der Waals surface area (Å²) in [7, 11) is 2.20. The molecule has 9 aromatic carbocycles. The summed E-state index contributed by atoms with van der Waals surface area (Å²) >= 11 is 0. The summed E-state index contributed by atoms with van der Waals surface area (Å²) in [4.78, 5) is 7.08. The first kappa shape index (κ1) is 38.5. The minimum Gasteiger partial charge on any atom is -0.458 e. The Morgan fingerprint density at radius 2 is 1.00 bits per heavy atom. The van der Waals surface area contributed by atoms with Gasteiger partial charge in [-0.15, -0.1) is 0 Å². The summed E-state index contributed by atoms with van der Waals surface area (Å²) in [5, 5.41) is 2.33. The number of aryl methyl sites for hydroxylation is 6. The second-order valence-corrected chi connectivity index (χ2v) is 18.2. The predicted molar refractivity (Wildman–Crippen MR) is 279 cm³/mol. The van der Waals surface area contributed by atoms with Gasteiger partial charge in [0.25, 0.3) is 6.71 Å². The first-order valence-electron chi connectivity index (χ1n) is 23.3. The normalized spacial score (nSPS) is 12.7. The van der Waals surface area contributed by atoms with Crippen LogP contribution in [0.5, 0.6) is 11.5 Å². The van der Waals surface area contributed by atoms with Gasteiger partial charge in [0.2, 0.25) is 0 Å². The Morgan fingerprint density at radius 1 is 0.485 bits per heavy atom. The number of aromatic nitrogens is 1. The van der Waals surface area contributed by atoms with Gasteiger partial charge in [0.1, 0.15) is 11.5 Å². The van der Waals surface area contributed by atoms with Gasteiger partial charge >= 0.3 is 0 Å². The minimum atomic E-state index is -0.221. The van der Waals surface area contributed by atoms with Gasteiger partial charge in [-0.1, -0.05) is 119 Å². The van der Waals surface area contributed by atoms with Crippen LogP contribution in [0.25, 0.3) is 21.8 Å². The monoisotopic (exact) mass is 853 g/mol. The molecule has 0 aliphatic carbocycles. The fourth-order valence-electron chi connectivity index (χ4n) is 10.4. The molecule has 12 rings (SSSR count). The minimum absolute atomic E-state index is 0.221. The highest BCUT2D eigenvalue weighted by Gasteiger charge is 2.44. The molecule has 10 aromatic rings. The lowest BCUT2D eigenvalue weighted by molar-refractivity contribution is 0.488. The van der Waals surface area contributed by atoms with E-state index in [2.05, 4.69) is 231 Å². The molecule has 0 spiro atoms. The maximum absolute atomic E-state index is 9.38. The number of hydrogen-bond acceptors (Lipinski definition) is 4. The predicted octanol–water partition coefficient (Wildman–Crippen LogP) is 14.2. The number of rotatable bonds is 7. The van der Waals surface area contributed by atoms with Crippen LogP contribution in [0, 0.1) is 34.6 Å². The van der Waals surface area contributed by atoms with Crippen molar-refractivity contribution < 1.29 is 6.11 Å². The summed E-state index contributed by atoms with van der Waals surface area (Å²) in [6.45, 7) is 10.4. The summed E-state index contributed by atoms with van der Waals surface area (Å²) in [6, 6.07) is 66.2. The van der Waals surface area contributed by atoms with E-state index in [9.17, 15) is 1.37 Å². The average molecular weight is 854 g/mol. The molecule has 318 valence electrons. The Balaban J connectivity index is 1.17. The molecule has 3 heterocycles. The van der Waals surface area contributed by atoms with E-state index in [0.717, 1.165) is 84.3 Å². The van der Waals surface area contributed by atoms with Crippen molar-refractivity contribution in [3.8, 4) is 11.5 Å². The third kappa shape index (κ3) is 6.31. The van der Waals surface area contributed by atoms with Gasteiger partial charge in [0.15, 0.2) is 0 Å². The van der Waals surface area contributed by atoms with Crippen molar-refractivity contribution in [1.82, 2.24) is 4.57 Å². The molecule has 0 amide bonds. The molecule has 0 atom stereocenters. The number of ether oxygens (including phenoxy) is 1. The first-order valence-corrected chi connectivity index (χ1v) is 22.8. The zero-order valence-corrected chi connectivity index (χ0v) is 38.1. The highest BCUT2D eigenvalue weighted by molar-refractivity contribution is 7.01. The van der Waals surface area contributed by atoms with Crippen molar-refractivity contribution >= 4 is 96.1 Å². The topological polar surface area (TPSA) is 23.9 Å². The third-order valence-electron chi connectivity index (χ3n) is 13.7. The van der Waals surface area contributed by atoms with Crippen molar-refractivity contribution in [2.24, 2.45) is 7.05 Å². The number of fused-ring (bicyclic) bond motifs is 8. The molecule has 2 aliphatic heterocycles. The lowest BCUT2D eigenvalue weighted by Gasteiger charge is -2.41. The summed E-state index contributed by atoms with van der Waals surface area (Å²) in [5.74, 6) is 1.49. The van der Waals surface area contributed by atoms with Crippen molar-refractivity contribution in [3.05, 3.63) is 216 Å². The second-order valence-electron chi connectivity index (χ2n) is 18.2. The molecular weight excluding hydrogens is 803 g/mol. The zero-order valence-electron chi connectivity index (χ0n) is 39.1. The van der Waals surface area contributed by atoms with Crippen molar-refractivity contribution in [2.75, 3.05) is 14.7 Å². The molecule has 0 radical (unpaired) electrons. The highest BCUT2D eigenvalue weighted by atomic mass is 16.5. The molecule has 2 aliphatic rings. The molecule has 0 bridgehead atoms. The fraction of sp³-hybridized carbons (Fsp3) is 0.100. The van der Waals surface area contributed by atoms with Crippen LogP contribution in [0.2, 0.25) is 0 Å². The SMILES string of the molecule is [2H]c1cc2c3c(c1)N(c1ccc(C)cc1)c1cc(N(c4ccc(C)cc4)c4ccc(C)cc4)ccc1B3c1c(cc(N(c3ccc(C)cc3)c3ccc(C)cc3)c3c1c1ccccc1n3C)O2. The lowest BCUT2D eigenvalue weighted by atomic mass is 9.33. The van der Waals surface area contributed by atoms with Gasteiger partial charge in [0.05, 0.1) is 12.6 Å². The highest BCUT2D eigenvalue weighted by Crippen LogP contribution is 2.48. The summed E-state index contributed by atoms with van der Waals surface area (Å²) in [5.41, 5.74) is 21.0. The average Bonchev–Trinajstić information content (AvgIpc) is 3.63. The van der Waals surface area contributed by atoms with E-state index < -0.39 is 0 Å². The Labute approximate surface area is 388 Å². The van der Waals surface area contributed by atoms with Crippen LogP contribution in [0.4, 0.5) is 51.2 Å². The number of benzene rings is 9. The Bertz CT molecular complexity index is 3470. The Hall–Kier alpha value is -7.96. The van der Waals surface area contributed by atoms with E-state index in [0.29, 0.717) is 11.8 Å². The van der Waals surface area contributed by atoms with E-state index in [1.54, 1.807) is 0 Å². The van der Waals surface area contributed by atoms with Gasteiger partial charge in [-0.25, -0.2) is 0 Å². The molecule has 0 N–H and O–H groups in total. The van der Waals surface area contributed by atoms with Gasteiger partial charge in [-0.3, -0.25) is 0 Å². The van der Waals surface area contributed by atoms with Crippen LogP contribution >= 0.6 is 0 Å². The van der Waals surface area contributed by atoms with Crippen molar-refractivity contribution in [2.45, 2.75) is 34.6 Å². The van der Waals surface area contributed by atoms with Crippen LogP contribution in [0.1, 0.15) is 29.2 Å². The van der Waals surface area contributed by atoms with Gasteiger partial charge in [0, 0.05) is 74.9 Å². The fourth-order valence-corrected chi connectivity index (χ4v) is 10.4. The summed E-state index contributed by atoms with van der Waals surface area (Å²) in [6.07, 6.45) is 0. The molecule has 0 saturated carbocycles. The molecule has 0 fully saturated rings. The lowest BCUT2D eigenvalue weighted by Crippen LogP contribution is -2.59. The number of anilines is 9. The van der Waals surface area contributed by atoms with E-state index in [1.807, 2.05) is 12.1 Å². The molecule has 1 aromatic heterocycles. The number of hydrogen-bond donors (Lipinski definition) is 0. The third-order valence-corrected chi connectivity index (χ3v) is 13.7. The molecular formula is C60H49BN4O. The van der Waals surface area contributed by atoms with E-state index in [1.165, 1.54) is 38.7 Å². The van der Waals surface area contributed by atoms with Crippen LogP contribution in [-0.2, 0) is 7.05 Å². The van der Waals surface area contributed by atoms with Crippen LogP contribution < -0.4 is 35.8 Å². The number of nitrogens with zero attached hydrogens (tertiary/aromatic N) is 4. The van der Waals surface area contributed by atoms with Gasteiger partial charge in [-0.05, 0) is 142 Å². The second kappa shape index (κ2) is 15.3. The smallest absolute Gasteiger partial charge is 0.257 e. The largest absolute Gasteiger partial charge is 0.458 e. The van der Waals surface area contributed by atoms with Crippen LogP contribution in [0.3, 0.4) is 0 Å². The number of para-hydroxylation sites is 1. The van der Waals surface area contributed by atoms with E-state index in [-0.39, 0.29) is 6.71 Å². The van der Waals surface area contributed by atoms with E-state index in [4.69, 9.17) is 4.74 Å². The Morgan fingerprint density at radius 3 is 1.58 bits per heavy atom. The Kier molecular flexibility index (Phi) is 8.95. The van der Waals surface area contributed by atoms with Crippen LogP contribution in [0.15, 0.2) is 188 Å². The standard InChI is InChI=1S/C60H49BN4O/c1-38-14-24-43(25-15-38)63(44-26-16-39(2)17-27-44)48-34-35-50-53(36-48)65(47-32-22-42(5)23-33-47)52-12-9-13-55-58(52)61(50)59-56(66-55)37-54(60-57(59)49-10-7-8-11-51(49)62(60)6)64(45-28-18-40(3)19-29-45)46-30-20-41(4)21-31-46/h7-37H,1-6H3/i9D. The van der Waals surface area contributed by atoms with Crippen molar-refractivity contribution in [3.63, 3.8) is 0 Å². The van der Waals surface area contributed by atoms with Gasteiger partial charge in [-0.2, -0.15) is 0 Å². The first-order chi connectivity index (χ1) is 32.6. The van der Waals surface area contributed by atoms with E-state index >= 15 is 0 Å².